The summed E-state index contributed by atoms with van der Waals surface area (Å²) < 4.78 is 0. The molecule has 0 saturated carbocycles. The molecule has 4 heavy (non-hydrogen) atoms. The fraction of sp³-hybridized carbons (Fsp3) is 0. The Labute approximate surface area is 85.7 Å². The van der Waals surface area contributed by atoms with Gasteiger partial charge in [0.25, 0.3) is 0 Å². The van der Waals surface area contributed by atoms with Crippen LogP contribution in [-0.4, -0.2) is 51.2 Å². The van der Waals surface area contributed by atoms with E-state index in [1.54, 1.807) is 0 Å². The summed E-state index contributed by atoms with van der Waals surface area (Å²) in [7, 11) is 0. The van der Waals surface area contributed by atoms with Gasteiger partial charge in [-0.1, -0.05) is 0 Å². The van der Waals surface area contributed by atoms with Crippen molar-refractivity contribution in [1.82, 2.24) is 0 Å². The molecule has 20 valence electrons. The Morgan fingerprint density at radius 2 is 1.00 bits per heavy atom. The van der Waals surface area contributed by atoms with Crippen molar-refractivity contribution in [2.24, 2.45) is 0 Å². The average Bonchev–Trinajstić information content (AvgIpc) is 0. The molecular formula is NiPbSnZn. The van der Waals surface area contributed by atoms with Crippen molar-refractivity contribution < 1.29 is 36.0 Å². The van der Waals surface area contributed by atoms with Gasteiger partial charge in [0.2, 0.25) is 0 Å². The standard InChI is InChI=1S/Ni.Pb.Sn.Zn. The largest absolute Gasteiger partial charge is 0 e. The maximum atomic E-state index is 0. The Balaban J connectivity index is 0. The Bertz CT molecular complexity index is 8.00. The molecule has 0 unspecified atom stereocenters. The monoisotopic (exact) mass is 450 g/mol. The van der Waals surface area contributed by atoms with Crippen molar-refractivity contribution in [3.63, 3.8) is 0 Å². The van der Waals surface area contributed by atoms with E-state index in [9.17, 15) is 0 Å². The van der Waals surface area contributed by atoms with Gasteiger partial charge in [-0.05, 0) is 0 Å². The van der Waals surface area contributed by atoms with Crippen LogP contribution in [-0.2, 0) is 36.0 Å². The second-order valence-electron chi connectivity index (χ2n) is 0. The SMILES string of the molecule is [Ni].[Pb].[Sn].[Zn]. The molecule has 0 nitrogen and oxygen atoms in total. The Morgan fingerprint density at radius 1 is 1.00 bits per heavy atom. The van der Waals surface area contributed by atoms with E-state index in [4.69, 9.17) is 0 Å². The van der Waals surface area contributed by atoms with Crippen LogP contribution in [0.25, 0.3) is 0 Å². The van der Waals surface area contributed by atoms with E-state index in [1.165, 1.54) is 0 Å². The zero-order valence-electron chi connectivity index (χ0n) is 2.02. The molecule has 0 atom stereocenters. The molecule has 0 aromatic heterocycles. The third-order valence-corrected chi connectivity index (χ3v) is 0. The predicted octanol–water partition coefficient (Wildman–Crippen LogP) is -0.767. The zero-order valence-corrected chi connectivity index (χ0v) is 12.7. The molecule has 0 aliphatic rings. The number of hydrogen-bond acceptors (Lipinski definition) is 0. The summed E-state index contributed by atoms with van der Waals surface area (Å²) in [6, 6.07) is 0. The molecule has 0 rings (SSSR count). The van der Waals surface area contributed by atoms with Crippen molar-refractivity contribution in [2.75, 3.05) is 0 Å². The van der Waals surface area contributed by atoms with Gasteiger partial charge in [-0.2, -0.15) is 0 Å². The number of rotatable bonds is 0. The van der Waals surface area contributed by atoms with Crippen LogP contribution in [0.5, 0.6) is 0 Å². The maximum Gasteiger partial charge on any atom is 0 e. The van der Waals surface area contributed by atoms with E-state index in [-0.39, 0.29) is 87.2 Å². The topological polar surface area (TPSA) is 0 Å². The van der Waals surface area contributed by atoms with Crippen molar-refractivity contribution in [1.29, 1.82) is 0 Å². The molecule has 0 bridgehead atoms. The molecule has 0 aliphatic carbocycles. The average molecular weight is 450 g/mol. The van der Waals surface area contributed by atoms with Crippen LogP contribution < -0.4 is 0 Å². The molecule has 0 heterocycles. The molecule has 0 fully saturated rings. The van der Waals surface area contributed by atoms with Gasteiger partial charge in [-0.15, -0.1) is 0 Å². The minimum absolute atomic E-state index is 0. The quantitative estimate of drug-likeness (QED) is 0.426. The van der Waals surface area contributed by atoms with Crippen molar-refractivity contribution >= 4 is 51.2 Å². The van der Waals surface area contributed by atoms with Crippen LogP contribution in [0, 0.1) is 0 Å². The zero-order chi connectivity index (χ0) is 0. The van der Waals surface area contributed by atoms with Gasteiger partial charge in [-0.25, -0.2) is 0 Å². The minimum atomic E-state index is 0. The summed E-state index contributed by atoms with van der Waals surface area (Å²) in [4.78, 5) is 0. The summed E-state index contributed by atoms with van der Waals surface area (Å²) in [6.45, 7) is 0. The summed E-state index contributed by atoms with van der Waals surface area (Å²) in [5.74, 6) is 0. The van der Waals surface area contributed by atoms with E-state index in [1.807, 2.05) is 0 Å². The summed E-state index contributed by atoms with van der Waals surface area (Å²) in [6.07, 6.45) is 0. The fourth-order valence-corrected chi connectivity index (χ4v) is 0. The van der Waals surface area contributed by atoms with Gasteiger partial charge >= 0.3 is 0 Å². The molecule has 8 radical (unpaired) electrons. The van der Waals surface area contributed by atoms with Gasteiger partial charge in [-0.3, -0.25) is 0 Å². The van der Waals surface area contributed by atoms with Crippen LogP contribution in [0.15, 0.2) is 0 Å². The van der Waals surface area contributed by atoms with E-state index in [0.29, 0.717) is 0 Å². The molecule has 0 aromatic carbocycles. The Hall–Kier alpha value is 2.84. The summed E-state index contributed by atoms with van der Waals surface area (Å²) in [5.41, 5.74) is 0. The first kappa shape index (κ1) is 28.9. The Morgan fingerprint density at radius 3 is 1.00 bits per heavy atom. The third kappa shape index (κ3) is 8.85. The molecule has 0 saturated heterocycles. The van der Waals surface area contributed by atoms with E-state index in [0.717, 1.165) is 0 Å². The maximum absolute atomic E-state index is 0. The first-order chi connectivity index (χ1) is 0. The van der Waals surface area contributed by atoms with Crippen molar-refractivity contribution in [3.8, 4) is 0 Å². The van der Waals surface area contributed by atoms with Crippen LogP contribution in [0.1, 0.15) is 0 Å². The molecule has 0 aliphatic heterocycles. The van der Waals surface area contributed by atoms with Crippen molar-refractivity contribution in [2.45, 2.75) is 0 Å². The molecule has 0 spiro atoms. The Kier molecular flexibility index (Phi) is 123. The van der Waals surface area contributed by atoms with Gasteiger partial charge in [0.1, 0.15) is 0 Å². The molecule has 0 N–H and O–H groups in total. The van der Waals surface area contributed by atoms with Crippen molar-refractivity contribution in [3.05, 3.63) is 0 Å². The van der Waals surface area contributed by atoms with E-state index < -0.39 is 0 Å². The molecule has 4 heteroatoms. The van der Waals surface area contributed by atoms with E-state index in [2.05, 4.69) is 0 Å². The van der Waals surface area contributed by atoms with Crippen LogP contribution in [0.2, 0.25) is 0 Å². The molecule has 0 amide bonds. The fourth-order valence-electron chi connectivity index (χ4n) is 0. The predicted molar refractivity (Wildman–Crippen MR) is 11.5 cm³/mol. The summed E-state index contributed by atoms with van der Waals surface area (Å²) >= 11 is 0. The third-order valence-electron chi connectivity index (χ3n) is 0. The first-order valence-electron chi connectivity index (χ1n) is 0. The van der Waals surface area contributed by atoms with Gasteiger partial charge in [0.05, 0.1) is 0 Å². The normalized spacial score (nSPS) is 0. The van der Waals surface area contributed by atoms with E-state index >= 15 is 0 Å². The molecular weight excluding hydrogens is 450 g/mol. The van der Waals surface area contributed by atoms with Gasteiger partial charge in [0, 0.05) is 87.2 Å². The second kappa shape index (κ2) is 17.0. The smallest absolute Gasteiger partial charge is 0 e. The van der Waals surface area contributed by atoms with Crippen LogP contribution in [0.3, 0.4) is 0 Å². The second-order valence-corrected chi connectivity index (χ2v) is 0. The first-order valence-corrected chi connectivity index (χ1v) is 0. The van der Waals surface area contributed by atoms with Crippen LogP contribution in [0.4, 0.5) is 0 Å². The van der Waals surface area contributed by atoms with Crippen LogP contribution >= 0.6 is 0 Å². The number of hydrogen-bond donors (Lipinski definition) is 0. The summed E-state index contributed by atoms with van der Waals surface area (Å²) in [5, 5.41) is 0. The van der Waals surface area contributed by atoms with Gasteiger partial charge < -0.3 is 0 Å². The molecule has 0 aromatic rings. The van der Waals surface area contributed by atoms with Gasteiger partial charge in [0.15, 0.2) is 0 Å². The minimum Gasteiger partial charge on any atom is 0 e.